The number of hydrogen-bond donors (Lipinski definition) is 2. The van der Waals surface area contributed by atoms with Crippen molar-refractivity contribution in [1.29, 1.82) is 0 Å². The summed E-state index contributed by atoms with van der Waals surface area (Å²) in [5, 5.41) is 0.456. The van der Waals surface area contributed by atoms with E-state index < -0.39 is 17.9 Å². The molecule has 2 saturated heterocycles. The van der Waals surface area contributed by atoms with Crippen LogP contribution in [0, 0.1) is 0 Å². The molecule has 2 heterocycles. The minimum Gasteiger partial charge on any atom is -0.449 e. The number of ether oxygens (including phenoxy) is 1. The minimum absolute atomic E-state index is 0.0310. The van der Waals surface area contributed by atoms with Gasteiger partial charge in [-0.15, -0.1) is 0 Å². The maximum atomic E-state index is 13.4. The maximum Gasteiger partial charge on any atom is 0.414 e. The van der Waals surface area contributed by atoms with Gasteiger partial charge >= 0.3 is 6.09 Å². The fourth-order valence-electron chi connectivity index (χ4n) is 3.75. The van der Waals surface area contributed by atoms with E-state index in [0.29, 0.717) is 47.2 Å². The Bertz CT molecular complexity index is 1180. The van der Waals surface area contributed by atoms with Crippen LogP contribution in [0.1, 0.15) is 12.8 Å². The molecule has 0 radical (unpaired) electrons. The van der Waals surface area contributed by atoms with Crippen LogP contribution in [0.4, 0.5) is 21.9 Å². The number of aliphatic imine (C=N–C) groups is 1. The summed E-state index contributed by atoms with van der Waals surface area (Å²) < 4.78 is 5.08. The van der Waals surface area contributed by atoms with Crippen LogP contribution in [0.25, 0.3) is 0 Å². The van der Waals surface area contributed by atoms with Gasteiger partial charge < -0.3 is 21.1 Å². The molecule has 0 aromatic heterocycles. The number of nitrogens with zero attached hydrogens (tertiary/aromatic N) is 3. The van der Waals surface area contributed by atoms with Crippen LogP contribution in [-0.4, -0.2) is 43.3 Å². The summed E-state index contributed by atoms with van der Waals surface area (Å²) in [5.41, 5.74) is 13.2. The summed E-state index contributed by atoms with van der Waals surface area (Å²) in [6.45, 7) is 1.26. The first-order valence-electron chi connectivity index (χ1n) is 10.3. The highest BCUT2D eigenvalue weighted by molar-refractivity contribution is 6.51. The average Bonchev–Trinajstić information content (AvgIpc) is 2.80. The van der Waals surface area contributed by atoms with E-state index in [9.17, 15) is 14.4 Å². The van der Waals surface area contributed by atoms with Gasteiger partial charge in [0.1, 0.15) is 11.4 Å². The molecule has 2 aliphatic rings. The molecular formula is C23H22ClN5O4. The van der Waals surface area contributed by atoms with Crippen molar-refractivity contribution < 1.29 is 19.1 Å². The first-order chi connectivity index (χ1) is 15.8. The summed E-state index contributed by atoms with van der Waals surface area (Å²) in [5.74, 6) is -1.24. The molecule has 2 aromatic rings. The fraction of sp³-hybridized carbons (Fsp3) is 0.217. The summed E-state index contributed by atoms with van der Waals surface area (Å²) in [6.07, 6.45) is 0.647. The molecule has 0 unspecified atom stereocenters. The normalized spacial score (nSPS) is 19.5. The van der Waals surface area contributed by atoms with E-state index >= 15 is 0 Å². The van der Waals surface area contributed by atoms with Crippen LogP contribution in [0.2, 0.25) is 5.02 Å². The Balaban J connectivity index is 1.67. The van der Waals surface area contributed by atoms with E-state index in [2.05, 4.69) is 4.99 Å². The zero-order valence-corrected chi connectivity index (χ0v) is 18.4. The van der Waals surface area contributed by atoms with Crippen molar-refractivity contribution in [3.63, 3.8) is 0 Å². The Morgan fingerprint density at radius 1 is 1.00 bits per heavy atom. The lowest BCUT2D eigenvalue weighted by atomic mass is 9.97. The van der Waals surface area contributed by atoms with Gasteiger partial charge in [0.25, 0.3) is 11.8 Å². The molecule has 0 aliphatic carbocycles. The van der Waals surface area contributed by atoms with Gasteiger partial charge in [0.05, 0.1) is 12.3 Å². The molecule has 4 N–H and O–H groups in total. The number of piperidine rings is 1. The summed E-state index contributed by atoms with van der Waals surface area (Å²) in [6, 6.07) is 13.7. The van der Waals surface area contributed by atoms with E-state index in [1.54, 1.807) is 58.3 Å². The number of hydrogen-bond acceptors (Lipinski definition) is 6. The molecule has 0 atom stereocenters. The topological polar surface area (TPSA) is 131 Å². The quantitative estimate of drug-likeness (QED) is 0.667. The number of benzene rings is 2. The number of carbonyl (C=O) groups is 3. The summed E-state index contributed by atoms with van der Waals surface area (Å²) in [7, 11) is 0. The highest BCUT2D eigenvalue weighted by Gasteiger charge is 2.32. The molecule has 0 spiro atoms. The maximum absolute atomic E-state index is 13.4. The molecule has 2 aromatic carbocycles. The molecule has 0 saturated carbocycles. The van der Waals surface area contributed by atoms with E-state index in [4.69, 9.17) is 27.8 Å². The zero-order chi connectivity index (χ0) is 23.5. The van der Waals surface area contributed by atoms with Crippen LogP contribution in [0.3, 0.4) is 0 Å². The third kappa shape index (κ3) is 4.68. The monoisotopic (exact) mass is 467 g/mol. The Morgan fingerprint density at radius 2 is 1.70 bits per heavy atom. The average molecular weight is 468 g/mol. The van der Waals surface area contributed by atoms with Crippen molar-refractivity contribution in [2.45, 2.75) is 12.8 Å². The summed E-state index contributed by atoms with van der Waals surface area (Å²) >= 11 is 6.05. The predicted molar refractivity (Wildman–Crippen MR) is 126 cm³/mol. The van der Waals surface area contributed by atoms with E-state index in [1.165, 1.54) is 0 Å². The Hall–Kier alpha value is -3.85. The van der Waals surface area contributed by atoms with Gasteiger partial charge in [-0.05, 0) is 55.3 Å². The molecule has 9 nitrogen and oxygen atoms in total. The van der Waals surface area contributed by atoms with Gasteiger partial charge in [0.2, 0.25) is 0 Å². The van der Waals surface area contributed by atoms with Crippen LogP contribution >= 0.6 is 11.6 Å². The lowest BCUT2D eigenvalue weighted by Gasteiger charge is -2.31. The molecule has 170 valence electrons. The molecule has 33 heavy (non-hydrogen) atoms. The fourth-order valence-corrected chi connectivity index (χ4v) is 3.93. The van der Waals surface area contributed by atoms with Gasteiger partial charge in [-0.1, -0.05) is 17.7 Å². The van der Waals surface area contributed by atoms with Gasteiger partial charge in [-0.25, -0.2) is 9.79 Å². The number of primary amides is 1. The van der Waals surface area contributed by atoms with Crippen molar-refractivity contribution >= 4 is 52.3 Å². The molecule has 10 heteroatoms. The highest BCUT2D eigenvalue weighted by Crippen LogP contribution is 2.29. The Kier molecular flexibility index (Phi) is 6.32. The molecule has 2 aliphatic heterocycles. The van der Waals surface area contributed by atoms with Crippen molar-refractivity contribution in [3.05, 3.63) is 64.8 Å². The standard InChI is InChI=1S/C23H22ClN5O4/c24-14-3-1-4-15(13-14)27-20-18(19(25)21(26)30)9-11-28(22(20)31)16-5-7-17(8-6-16)29-10-2-12-33-23(29)32/h1,3-8,13H,2,9-12,25H2,(H2,26,30). The second-order valence-corrected chi connectivity index (χ2v) is 7.98. The number of halogens is 1. The van der Waals surface area contributed by atoms with Gasteiger partial charge in [-0.2, -0.15) is 0 Å². The van der Waals surface area contributed by atoms with Crippen LogP contribution < -0.4 is 21.3 Å². The first-order valence-corrected chi connectivity index (χ1v) is 10.7. The van der Waals surface area contributed by atoms with Gasteiger partial charge in [0, 0.05) is 35.1 Å². The number of nitrogens with two attached hydrogens (primary N) is 2. The summed E-state index contributed by atoms with van der Waals surface area (Å²) in [4.78, 5) is 44.7. The second-order valence-electron chi connectivity index (χ2n) is 7.54. The SMILES string of the molecule is NC(=O)C(N)=C1CCN(c2ccc(N3CCCOC3=O)cc2)C(=O)C1=Nc1cccc(Cl)c1. The number of cyclic esters (lactones) is 1. The minimum atomic E-state index is -0.817. The molecule has 0 bridgehead atoms. The molecule has 4 rings (SSSR count). The number of carbonyl (C=O) groups excluding carboxylic acids is 3. The van der Waals surface area contributed by atoms with Gasteiger partial charge in [-0.3, -0.25) is 14.5 Å². The number of anilines is 2. The van der Waals surface area contributed by atoms with Gasteiger partial charge in [0.15, 0.2) is 0 Å². The van der Waals surface area contributed by atoms with Crippen molar-refractivity contribution in [2.24, 2.45) is 16.5 Å². The first kappa shape index (κ1) is 22.3. The smallest absolute Gasteiger partial charge is 0.414 e. The number of rotatable bonds is 4. The van der Waals surface area contributed by atoms with Crippen LogP contribution in [0.15, 0.2) is 64.8 Å². The Labute approximate surface area is 195 Å². The molecule has 2 fully saturated rings. The molecule has 3 amide bonds. The highest BCUT2D eigenvalue weighted by atomic mass is 35.5. The third-order valence-electron chi connectivity index (χ3n) is 5.40. The van der Waals surface area contributed by atoms with Crippen LogP contribution in [0.5, 0.6) is 0 Å². The van der Waals surface area contributed by atoms with Crippen LogP contribution in [-0.2, 0) is 14.3 Å². The molecular weight excluding hydrogens is 446 g/mol. The third-order valence-corrected chi connectivity index (χ3v) is 5.64. The second kappa shape index (κ2) is 9.33. The lowest BCUT2D eigenvalue weighted by Crippen LogP contribution is -2.44. The van der Waals surface area contributed by atoms with E-state index in [1.807, 2.05) is 0 Å². The van der Waals surface area contributed by atoms with Crippen molar-refractivity contribution in [2.75, 3.05) is 29.5 Å². The lowest BCUT2D eigenvalue weighted by molar-refractivity contribution is -0.114. The predicted octanol–water partition coefficient (Wildman–Crippen LogP) is 2.89. The zero-order valence-electron chi connectivity index (χ0n) is 17.7. The van der Waals surface area contributed by atoms with E-state index in [-0.39, 0.29) is 18.0 Å². The Morgan fingerprint density at radius 3 is 2.33 bits per heavy atom. The van der Waals surface area contributed by atoms with Crippen molar-refractivity contribution in [1.82, 2.24) is 0 Å². The largest absolute Gasteiger partial charge is 0.449 e. The van der Waals surface area contributed by atoms with E-state index in [0.717, 1.165) is 6.42 Å². The van der Waals surface area contributed by atoms with Crippen molar-refractivity contribution in [3.8, 4) is 0 Å². The number of amides is 3.